The molecule has 4 amide bonds. The zero-order chi connectivity index (χ0) is 29.8. The lowest BCUT2D eigenvalue weighted by atomic mass is 10.00. The van der Waals surface area contributed by atoms with Gasteiger partial charge in [-0.15, -0.1) is 0 Å². The number of benzene rings is 2. The fourth-order valence-corrected chi connectivity index (χ4v) is 3.88. The van der Waals surface area contributed by atoms with E-state index in [1.54, 1.807) is 56.3 Å². The number of phenols is 1. The Kier molecular flexibility index (Phi) is 12.1. The van der Waals surface area contributed by atoms with Crippen LogP contribution in [0.3, 0.4) is 0 Å². The number of aliphatic carboxylic acids is 1. The van der Waals surface area contributed by atoms with Crippen molar-refractivity contribution >= 4 is 29.6 Å². The summed E-state index contributed by atoms with van der Waals surface area (Å²) in [6.45, 7) is 3.29. The van der Waals surface area contributed by atoms with Crippen molar-refractivity contribution in [2.45, 2.75) is 63.7 Å². The highest BCUT2D eigenvalue weighted by Gasteiger charge is 2.31. The molecule has 2 aromatic carbocycles. The van der Waals surface area contributed by atoms with E-state index in [-0.39, 0.29) is 31.4 Å². The lowest BCUT2D eigenvalue weighted by Gasteiger charge is -2.26. The first-order valence-electron chi connectivity index (χ1n) is 12.9. The molecule has 12 heteroatoms. The number of carbonyl (C=O) groups excluding carboxylic acids is 4. The molecule has 0 aliphatic rings. The van der Waals surface area contributed by atoms with Gasteiger partial charge in [0, 0.05) is 19.3 Å². The number of carboxylic acids is 1. The summed E-state index contributed by atoms with van der Waals surface area (Å²) in [6, 6.07) is 10.2. The van der Waals surface area contributed by atoms with Crippen LogP contribution in [0.25, 0.3) is 0 Å². The zero-order valence-electron chi connectivity index (χ0n) is 22.5. The number of phenolic OH excluding ortho intramolecular Hbond substituents is 1. The molecule has 0 spiro atoms. The Balaban J connectivity index is 2.31. The van der Waals surface area contributed by atoms with Crippen LogP contribution in [0.15, 0.2) is 54.6 Å². The molecule has 0 bridgehead atoms. The quantitative estimate of drug-likeness (QED) is 0.158. The molecule has 0 heterocycles. The highest BCUT2D eigenvalue weighted by molar-refractivity contribution is 5.94. The van der Waals surface area contributed by atoms with Crippen molar-refractivity contribution in [1.29, 1.82) is 0 Å². The molecular formula is C28H37N5O7. The van der Waals surface area contributed by atoms with Crippen molar-refractivity contribution in [3.8, 4) is 5.75 Å². The zero-order valence-corrected chi connectivity index (χ0v) is 22.5. The highest BCUT2D eigenvalue weighted by atomic mass is 16.4. The van der Waals surface area contributed by atoms with Crippen LogP contribution in [0, 0.1) is 5.92 Å². The van der Waals surface area contributed by atoms with Gasteiger partial charge in [0.25, 0.3) is 0 Å². The lowest BCUT2D eigenvalue weighted by Crippen LogP contribution is -2.58. The third-order valence-electron chi connectivity index (χ3n) is 6.19. The molecule has 216 valence electrons. The molecule has 4 unspecified atom stereocenters. The second kappa shape index (κ2) is 15.2. The molecule has 4 atom stereocenters. The Morgan fingerprint density at radius 2 is 1.27 bits per heavy atom. The predicted molar refractivity (Wildman–Crippen MR) is 147 cm³/mol. The van der Waals surface area contributed by atoms with E-state index in [2.05, 4.69) is 16.0 Å². The SMILES string of the molecule is CC(C)C(NC(=O)C(Cc1ccccc1)NC(=O)C(Cc1ccc(O)cc1)NC(=O)C(N)CCC(N)=O)C(=O)O. The second-order valence-electron chi connectivity index (χ2n) is 9.86. The molecule has 12 nitrogen and oxygen atoms in total. The normalized spacial score (nSPS) is 13.9. The van der Waals surface area contributed by atoms with Crippen molar-refractivity contribution < 1.29 is 34.2 Å². The van der Waals surface area contributed by atoms with Crippen LogP contribution in [-0.4, -0.2) is 64.0 Å². The Labute approximate surface area is 232 Å². The van der Waals surface area contributed by atoms with E-state index in [9.17, 15) is 34.2 Å². The van der Waals surface area contributed by atoms with E-state index in [0.29, 0.717) is 11.1 Å². The fraction of sp³-hybridized carbons (Fsp3) is 0.393. The summed E-state index contributed by atoms with van der Waals surface area (Å²) in [7, 11) is 0. The summed E-state index contributed by atoms with van der Waals surface area (Å²) in [4.78, 5) is 62.3. The Morgan fingerprint density at radius 1 is 0.775 bits per heavy atom. The van der Waals surface area contributed by atoms with Crippen LogP contribution in [0.1, 0.15) is 37.8 Å². The van der Waals surface area contributed by atoms with Gasteiger partial charge in [-0.25, -0.2) is 4.79 Å². The van der Waals surface area contributed by atoms with Gasteiger partial charge in [-0.05, 0) is 35.6 Å². The molecule has 0 radical (unpaired) electrons. The average Bonchev–Trinajstić information content (AvgIpc) is 2.90. The summed E-state index contributed by atoms with van der Waals surface area (Å²) in [6.07, 6.45) is -0.104. The molecule has 40 heavy (non-hydrogen) atoms. The summed E-state index contributed by atoms with van der Waals surface area (Å²) < 4.78 is 0. The molecule has 9 N–H and O–H groups in total. The van der Waals surface area contributed by atoms with Crippen molar-refractivity contribution in [3.05, 3.63) is 65.7 Å². The van der Waals surface area contributed by atoms with Crippen LogP contribution < -0.4 is 27.4 Å². The highest BCUT2D eigenvalue weighted by Crippen LogP contribution is 2.13. The predicted octanol–water partition coefficient (Wildman–Crippen LogP) is -0.0348. The maximum absolute atomic E-state index is 13.5. The Morgan fingerprint density at radius 3 is 1.77 bits per heavy atom. The number of primary amides is 1. The van der Waals surface area contributed by atoms with E-state index in [1.807, 2.05) is 0 Å². The number of amides is 4. The molecule has 0 saturated carbocycles. The maximum Gasteiger partial charge on any atom is 0.326 e. The molecule has 2 rings (SSSR count). The molecule has 0 fully saturated rings. The van der Waals surface area contributed by atoms with Gasteiger partial charge in [0.2, 0.25) is 23.6 Å². The Bertz CT molecular complexity index is 1170. The van der Waals surface area contributed by atoms with E-state index >= 15 is 0 Å². The Hall–Kier alpha value is -4.45. The van der Waals surface area contributed by atoms with Crippen LogP contribution in [0.4, 0.5) is 0 Å². The lowest BCUT2D eigenvalue weighted by molar-refractivity contribution is -0.143. The van der Waals surface area contributed by atoms with Gasteiger partial charge in [-0.1, -0.05) is 56.3 Å². The van der Waals surface area contributed by atoms with Gasteiger partial charge in [0.05, 0.1) is 6.04 Å². The van der Waals surface area contributed by atoms with Gasteiger partial charge >= 0.3 is 5.97 Å². The van der Waals surface area contributed by atoms with Crippen molar-refractivity contribution in [1.82, 2.24) is 16.0 Å². The molecule has 0 saturated heterocycles. The van der Waals surface area contributed by atoms with Gasteiger partial charge in [-0.2, -0.15) is 0 Å². The number of rotatable bonds is 15. The monoisotopic (exact) mass is 555 g/mol. The summed E-state index contributed by atoms with van der Waals surface area (Å²) in [5.74, 6) is -4.36. The van der Waals surface area contributed by atoms with Crippen LogP contribution >= 0.6 is 0 Å². The summed E-state index contributed by atoms with van der Waals surface area (Å²) >= 11 is 0. The van der Waals surface area contributed by atoms with Crippen molar-refractivity contribution in [2.75, 3.05) is 0 Å². The van der Waals surface area contributed by atoms with E-state index in [1.165, 1.54) is 12.1 Å². The van der Waals surface area contributed by atoms with Gasteiger partial charge in [0.1, 0.15) is 23.9 Å². The summed E-state index contributed by atoms with van der Waals surface area (Å²) in [5, 5.41) is 26.9. The van der Waals surface area contributed by atoms with Gasteiger partial charge < -0.3 is 37.6 Å². The first-order valence-corrected chi connectivity index (χ1v) is 12.9. The minimum atomic E-state index is -1.21. The smallest absolute Gasteiger partial charge is 0.326 e. The number of hydrogen-bond donors (Lipinski definition) is 7. The number of carbonyl (C=O) groups is 5. The first-order chi connectivity index (χ1) is 18.9. The standard InChI is InChI=1S/C28H37N5O7/c1-16(2)24(28(39)40)33-27(38)22(14-17-6-4-3-5-7-17)32-26(37)21(15-18-8-10-19(34)11-9-18)31-25(36)20(29)12-13-23(30)35/h3-11,16,20-22,24,34H,12-15,29H2,1-2H3,(H2,30,35)(H,31,36)(H,32,37)(H,33,38)(H,39,40). The minimum absolute atomic E-state index is 0.0101. The first kappa shape index (κ1) is 31.8. The van der Waals surface area contributed by atoms with E-state index in [4.69, 9.17) is 11.5 Å². The van der Waals surface area contributed by atoms with Crippen LogP contribution in [-0.2, 0) is 36.8 Å². The van der Waals surface area contributed by atoms with Crippen molar-refractivity contribution in [2.24, 2.45) is 17.4 Å². The van der Waals surface area contributed by atoms with Crippen LogP contribution in [0.5, 0.6) is 5.75 Å². The average molecular weight is 556 g/mol. The number of carboxylic acid groups (broad SMARTS) is 1. The fourth-order valence-electron chi connectivity index (χ4n) is 3.88. The van der Waals surface area contributed by atoms with Gasteiger partial charge in [0.15, 0.2) is 0 Å². The second-order valence-corrected chi connectivity index (χ2v) is 9.86. The number of nitrogens with two attached hydrogens (primary N) is 2. The van der Waals surface area contributed by atoms with Gasteiger partial charge in [-0.3, -0.25) is 19.2 Å². The van der Waals surface area contributed by atoms with E-state index in [0.717, 1.165) is 0 Å². The number of nitrogens with one attached hydrogen (secondary N) is 3. The molecule has 0 aromatic heterocycles. The number of aromatic hydroxyl groups is 1. The molecule has 0 aliphatic heterocycles. The van der Waals surface area contributed by atoms with E-state index < -0.39 is 59.7 Å². The minimum Gasteiger partial charge on any atom is -0.508 e. The largest absolute Gasteiger partial charge is 0.508 e. The van der Waals surface area contributed by atoms with Crippen molar-refractivity contribution in [3.63, 3.8) is 0 Å². The topological polar surface area (TPSA) is 214 Å². The summed E-state index contributed by atoms with van der Waals surface area (Å²) in [5.41, 5.74) is 12.3. The molecular weight excluding hydrogens is 518 g/mol. The third kappa shape index (κ3) is 10.4. The molecule has 2 aromatic rings. The molecule has 0 aliphatic carbocycles. The maximum atomic E-state index is 13.5. The number of hydrogen-bond acceptors (Lipinski definition) is 7. The van der Waals surface area contributed by atoms with Crippen LogP contribution in [0.2, 0.25) is 0 Å². The third-order valence-corrected chi connectivity index (χ3v) is 6.19.